The van der Waals surface area contributed by atoms with Crippen LogP contribution in [0.1, 0.15) is 46.6 Å². The largest absolute Gasteiger partial charge is 0.332 e. The minimum Gasteiger partial charge on any atom is -0.332 e. The zero-order valence-electron chi connectivity index (χ0n) is 15.7. The molecule has 0 saturated carbocycles. The van der Waals surface area contributed by atoms with Crippen molar-refractivity contribution in [1.82, 2.24) is 4.90 Å². The summed E-state index contributed by atoms with van der Waals surface area (Å²) in [5.74, 6) is 0.460. The Morgan fingerprint density at radius 3 is 2.85 bits per heavy atom. The number of likely N-dealkylation sites (N-methyl/N-ethyl adjacent to an activating group) is 1. The summed E-state index contributed by atoms with van der Waals surface area (Å²) < 4.78 is 0. The quantitative estimate of drug-likeness (QED) is 0.860. The zero-order chi connectivity index (χ0) is 18.7. The summed E-state index contributed by atoms with van der Waals surface area (Å²) in [6.45, 7) is 4.37. The first kappa shape index (κ1) is 18.6. The molecule has 1 heterocycles. The number of carbonyl (C=O) groups excluding carboxylic acids is 2. The number of hydrogen-bond donors (Lipinski definition) is 1. The molecule has 1 atom stereocenters. The van der Waals surface area contributed by atoms with Crippen molar-refractivity contribution in [3.8, 4) is 0 Å². The van der Waals surface area contributed by atoms with E-state index in [4.69, 9.17) is 0 Å². The highest BCUT2D eigenvalue weighted by atomic mass is 32.1. The molecule has 138 valence electrons. The molecule has 2 aromatic rings. The van der Waals surface area contributed by atoms with Crippen LogP contribution in [0.3, 0.4) is 0 Å². The van der Waals surface area contributed by atoms with Crippen LogP contribution in [0.2, 0.25) is 0 Å². The molecule has 1 aliphatic rings. The van der Waals surface area contributed by atoms with E-state index in [1.807, 2.05) is 29.6 Å². The third-order valence-electron chi connectivity index (χ3n) is 5.03. The van der Waals surface area contributed by atoms with Crippen LogP contribution in [0.4, 0.5) is 5.69 Å². The van der Waals surface area contributed by atoms with Gasteiger partial charge in [0.2, 0.25) is 5.91 Å². The second-order valence-electron chi connectivity index (χ2n) is 7.12. The van der Waals surface area contributed by atoms with Gasteiger partial charge >= 0.3 is 0 Å². The van der Waals surface area contributed by atoms with Crippen LogP contribution in [0.25, 0.3) is 0 Å². The Bertz CT molecular complexity index is 812. The van der Waals surface area contributed by atoms with Gasteiger partial charge in [0, 0.05) is 23.0 Å². The highest BCUT2D eigenvalue weighted by Gasteiger charge is 2.25. The molecule has 0 radical (unpaired) electrons. The number of nitrogens with one attached hydrogen (secondary N) is 1. The second-order valence-corrected chi connectivity index (χ2v) is 8.08. The Labute approximate surface area is 159 Å². The molecular weight excluding hydrogens is 344 g/mol. The van der Waals surface area contributed by atoms with Crippen LogP contribution in [0.15, 0.2) is 29.6 Å². The normalized spacial score (nSPS) is 16.0. The van der Waals surface area contributed by atoms with E-state index in [0.717, 1.165) is 42.5 Å². The van der Waals surface area contributed by atoms with Crippen LogP contribution < -0.4 is 5.32 Å². The number of anilines is 1. The zero-order valence-corrected chi connectivity index (χ0v) is 16.5. The first-order valence-electron chi connectivity index (χ1n) is 9.22. The summed E-state index contributed by atoms with van der Waals surface area (Å²) in [4.78, 5) is 28.1. The van der Waals surface area contributed by atoms with Crippen molar-refractivity contribution in [3.63, 3.8) is 0 Å². The van der Waals surface area contributed by atoms with E-state index < -0.39 is 0 Å². The molecule has 1 aromatic carbocycles. The van der Waals surface area contributed by atoms with E-state index in [1.165, 1.54) is 15.3 Å². The van der Waals surface area contributed by atoms with E-state index in [0.29, 0.717) is 5.92 Å². The van der Waals surface area contributed by atoms with Crippen molar-refractivity contribution in [2.24, 2.45) is 5.92 Å². The topological polar surface area (TPSA) is 49.4 Å². The molecule has 0 saturated heterocycles. The van der Waals surface area contributed by atoms with Crippen molar-refractivity contribution in [3.05, 3.63) is 51.2 Å². The molecule has 3 rings (SSSR count). The number of aryl methyl sites for hydroxylation is 1. The van der Waals surface area contributed by atoms with Crippen molar-refractivity contribution >= 4 is 28.8 Å². The van der Waals surface area contributed by atoms with Crippen LogP contribution in [0, 0.1) is 5.92 Å². The summed E-state index contributed by atoms with van der Waals surface area (Å²) in [5.41, 5.74) is 3.89. The summed E-state index contributed by atoms with van der Waals surface area (Å²) in [5, 5.41) is 4.89. The van der Waals surface area contributed by atoms with Crippen LogP contribution >= 0.6 is 11.3 Å². The fourth-order valence-electron chi connectivity index (χ4n) is 3.49. The molecule has 5 heteroatoms. The molecule has 4 nitrogen and oxygen atoms in total. The van der Waals surface area contributed by atoms with Gasteiger partial charge in [-0.25, -0.2) is 0 Å². The van der Waals surface area contributed by atoms with E-state index >= 15 is 0 Å². The molecule has 0 fully saturated rings. The predicted molar refractivity (Wildman–Crippen MR) is 107 cm³/mol. The molecule has 1 aromatic heterocycles. The van der Waals surface area contributed by atoms with E-state index in [2.05, 4.69) is 19.2 Å². The molecule has 1 unspecified atom stereocenters. The molecule has 0 bridgehead atoms. The SMILES string of the molecule is CCc1ccccc1NC(=O)CN(C)C(=O)c1csc2c1CCC(C)C2. The highest BCUT2D eigenvalue weighted by Crippen LogP contribution is 2.33. The van der Waals surface area contributed by atoms with Gasteiger partial charge in [0.15, 0.2) is 0 Å². The average molecular weight is 371 g/mol. The van der Waals surface area contributed by atoms with E-state index in [9.17, 15) is 9.59 Å². The van der Waals surface area contributed by atoms with Crippen LogP contribution in [0.5, 0.6) is 0 Å². The molecular formula is C21H26N2O2S. The number of hydrogen-bond acceptors (Lipinski definition) is 3. The highest BCUT2D eigenvalue weighted by molar-refractivity contribution is 7.10. The van der Waals surface area contributed by atoms with Gasteiger partial charge < -0.3 is 10.2 Å². The molecule has 26 heavy (non-hydrogen) atoms. The monoisotopic (exact) mass is 370 g/mol. The number of carbonyl (C=O) groups is 2. The third-order valence-corrected chi connectivity index (χ3v) is 6.08. The molecule has 1 N–H and O–H groups in total. The predicted octanol–water partition coefficient (Wildman–Crippen LogP) is 4.15. The van der Waals surface area contributed by atoms with Gasteiger partial charge in [-0.15, -0.1) is 11.3 Å². The number of rotatable bonds is 5. The van der Waals surface area contributed by atoms with Gasteiger partial charge in [-0.1, -0.05) is 32.0 Å². The molecule has 2 amide bonds. The van der Waals surface area contributed by atoms with Gasteiger partial charge in [-0.3, -0.25) is 9.59 Å². The maximum atomic E-state index is 12.8. The maximum Gasteiger partial charge on any atom is 0.255 e. The Hall–Kier alpha value is -2.14. The van der Waals surface area contributed by atoms with Crippen molar-refractivity contribution in [1.29, 1.82) is 0 Å². The fourth-order valence-corrected chi connectivity index (χ4v) is 4.73. The first-order chi connectivity index (χ1) is 12.5. The molecule has 0 aliphatic heterocycles. The summed E-state index contributed by atoms with van der Waals surface area (Å²) in [6, 6.07) is 7.77. The number of thiophene rings is 1. The Balaban J connectivity index is 1.65. The van der Waals surface area contributed by atoms with Gasteiger partial charge in [0.25, 0.3) is 5.91 Å². The summed E-state index contributed by atoms with van der Waals surface area (Å²) >= 11 is 1.68. The van der Waals surface area contributed by atoms with Crippen molar-refractivity contribution in [2.75, 3.05) is 18.9 Å². The number of amides is 2. The Morgan fingerprint density at radius 1 is 1.31 bits per heavy atom. The number of nitrogens with zero attached hydrogens (tertiary/aromatic N) is 1. The average Bonchev–Trinajstić information content (AvgIpc) is 3.04. The van der Waals surface area contributed by atoms with Crippen molar-refractivity contribution in [2.45, 2.75) is 39.5 Å². The smallest absolute Gasteiger partial charge is 0.255 e. The second kappa shape index (κ2) is 8.04. The third kappa shape index (κ3) is 3.98. The lowest BCUT2D eigenvalue weighted by Crippen LogP contribution is -2.35. The van der Waals surface area contributed by atoms with Crippen LogP contribution in [-0.4, -0.2) is 30.3 Å². The van der Waals surface area contributed by atoms with Gasteiger partial charge in [0.05, 0.1) is 12.1 Å². The first-order valence-corrected chi connectivity index (χ1v) is 10.1. The number of fused-ring (bicyclic) bond motifs is 1. The summed E-state index contributed by atoms with van der Waals surface area (Å²) in [7, 11) is 1.70. The van der Waals surface area contributed by atoms with Gasteiger partial charge in [-0.05, 0) is 48.8 Å². The minimum absolute atomic E-state index is 0.0535. The fraction of sp³-hybridized carbons (Fsp3) is 0.429. The lowest BCUT2D eigenvalue weighted by atomic mass is 9.88. The van der Waals surface area contributed by atoms with E-state index in [1.54, 1.807) is 18.4 Å². The number of para-hydroxylation sites is 1. The lowest BCUT2D eigenvalue weighted by molar-refractivity contribution is -0.116. The van der Waals surface area contributed by atoms with Crippen molar-refractivity contribution < 1.29 is 9.59 Å². The van der Waals surface area contributed by atoms with E-state index in [-0.39, 0.29) is 18.4 Å². The van der Waals surface area contributed by atoms with Crippen LogP contribution in [-0.2, 0) is 24.1 Å². The molecule has 1 aliphatic carbocycles. The number of benzene rings is 1. The maximum absolute atomic E-state index is 12.8. The lowest BCUT2D eigenvalue weighted by Gasteiger charge is -2.21. The molecule has 0 spiro atoms. The van der Waals surface area contributed by atoms with Gasteiger partial charge in [-0.2, -0.15) is 0 Å². The minimum atomic E-state index is -0.167. The van der Waals surface area contributed by atoms with Gasteiger partial charge in [0.1, 0.15) is 0 Å². The standard InChI is InChI=1S/C21H26N2O2S/c1-4-15-7-5-6-8-18(15)22-20(24)12-23(3)21(25)17-13-26-19-11-14(2)9-10-16(17)19/h5-8,13-14H,4,9-12H2,1-3H3,(H,22,24). The Kier molecular flexibility index (Phi) is 5.77. The Morgan fingerprint density at radius 2 is 2.08 bits per heavy atom. The summed E-state index contributed by atoms with van der Waals surface area (Å²) in [6.07, 6.45) is 4.00.